The SMILES string of the molecule is CC1CCC(CCNS(=O)(=O)CC2CCCNC2)CC1. The van der Waals surface area contributed by atoms with Crippen LogP contribution in [0.2, 0.25) is 0 Å². The van der Waals surface area contributed by atoms with Gasteiger partial charge in [-0.05, 0) is 50.1 Å². The molecule has 5 heteroatoms. The molecule has 2 aliphatic rings. The van der Waals surface area contributed by atoms with Crippen LogP contribution >= 0.6 is 0 Å². The Morgan fingerprint density at radius 2 is 1.85 bits per heavy atom. The molecule has 1 aliphatic heterocycles. The molecule has 0 amide bonds. The van der Waals surface area contributed by atoms with Crippen LogP contribution in [0.4, 0.5) is 0 Å². The number of hydrogen-bond donors (Lipinski definition) is 2. The van der Waals surface area contributed by atoms with E-state index in [9.17, 15) is 8.42 Å². The van der Waals surface area contributed by atoms with Crippen LogP contribution < -0.4 is 10.0 Å². The van der Waals surface area contributed by atoms with Crippen LogP contribution in [0.1, 0.15) is 51.9 Å². The van der Waals surface area contributed by atoms with Crippen molar-refractivity contribution in [1.82, 2.24) is 10.0 Å². The molecule has 0 bridgehead atoms. The van der Waals surface area contributed by atoms with Crippen LogP contribution in [-0.4, -0.2) is 33.8 Å². The van der Waals surface area contributed by atoms with Gasteiger partial charge in [-0.15, -0.1) is 0 Å². The Morgan fingerprint density at radius 3 is 2.50 bits per heavy atom. The fourth-order valence-electron chi connectivity index (χ4n) is 3.47. The lowest BCUT2D eigenvalue weighted by atomic mass is 9.81. The van der Waals surface area contributed by atoms with E-state index in [0.29, 0.717) is 12.3 Å². The summed E-state index contributed by atoms with van der Waals surface area (Å²) in [5.74, 6) is 2.17. The predicted octanol–water partition coefficient (Wildman–Crippen LogP) is 2.12. The maximum Gasteiger partial charge on any atom is 0.211 e. The smallest absolute Gasteiger partial charge is 0.211 e. The molecular formula is C15H30N2O2S. The van der Waals surface area contributed by atoms with Gasteiger partial charge in [0, 0.05) is 6.54 Å². The zero-order valence-electron chi connectivity index (χ0n) is 12.7. The summed E-state index contributed by atoms with van der Waals surface area (Å²) >= 11 is 0. The molecule has 2 rings (SSSR count). The number of nitrogens with one attached hydrogen (secondary N) is 2. The molecule has 20 heavy (non-hydrogen) atoms. The first-order chi connectivity index (χ1) is 9.55. The highest BCUT2D eigenvalue weighted by Gasteiger charge is 2.22. The third-order valence-corrected chi connectivity index (χ3v) is 6.42. The Balaban J connectivity index is 1.64. The van der Waals surface area contributed by atoms with Crippen LogP contribution in [0.5, 0.6) is 0 Å². The van der Waals surface area contributed by atoms with Gasteiger partial charge in [0.05, 0.1) is 5.75 Å². The lowest BCUT2D eigenvalue weighted by molar-refractivity contribution is 0.278. The molecule has 0 aromatic rings. The van der Waals surface area contributed by atoms with Gasteiger partial charge < -0.3 is 5.32 Å². The topological polar surface area (TPSA) is 58.2 Å². The third-order valence-electron chi connectivity index (χ3n) is 4.86. The Bertz CT molecular complexity index is 369. The Labute approximate surface area is 124 Å². The summed E-state index contributed by atoms with van der Waals surface area (Å²) in [5, 5.41) is 3.28. The molecule has 118 valence electrons. The molecule has 1 saturated carbocycles. The highest BCUT2D eigenvalue weighted by molar-refractivity contribution is 7.89. The van der Waals surface area contributed by atoms with Gasteiger partial charge in [-0.25, -0.2) is 13.1 Å². The van der Waals surface area contributed by atoms with E-state index in [1.54, 1.807) is 0 Å². The Morgan fingerprint density at radius 1 is 1.10 bits per heavy atom. The van der Waals surface area contributed by atoms with Gasteiger partial charge in [-0.1, -0.05) is 32.6 Å². The highest BCUT2D eigenvalue weighted by Crippen LogP contribution is 2.29. The predicted molar refractivity (Wildman–Crippen MR) is 83.1 cm³/mol. The number of rotatable bonds is 6. The number of piperidine rings is 1. The summed E-state index contributed by atoms with van der Waals surface area (Å²) < 4.78 is 26.9. The first kappa shape index (κ1) is 16.2. The molecule has 0 aromatic carbocycles. The first-order valence-electron chi connectivity index (χ1n) is 8.23. The van der Waals surface area contributed by atoms with E-state index in [0.717, 1.165) is 44.2 Å². The van der Waals surface area contributed by atoms with E-state index in [2.05, 4.69) is 17.0 Å². The molecule has 4 nitrogen and oxygen atoms in total. The molecule has 0 radical (unpaired) electrons. The quantitative estimate of drug-likeness (QED) is 0.790. The summed E-state index contributed by atoms with van der Waals surface area (Å²) in [6.07, 6.45) is 8.31. The van der Waals surface area contributed by atoms with E-state index in [-0.39, 0.29) is 5.92 Å². The summed E-state index contributed by atoms with van der Waals surface area (Å²) in [7, 11) is -3.08. The van der Waals surface area contributed by atoms with Gasteiger partial charge in [-0.3, -0.25) is 0 Å². The van der Waals surface area contributed by atoms with Gasteiger partial charge in [0.15, 0.2) is 0 Å². The van der Waals surface area contributed by atoms with E-state index < -0.39 is 10.0 Å². The second-order valence-electron chi connectivity index (χ2n) is 6.80. The van der Waals surface area contributed by atoms with Crippen molar-refractivity contribution in [2.75, 3.05) is 25.4 Å². The molecule has 1 heterocycles. The monoisotopic (exact) mass is 302 g/mol. The molecule has 1 saturated heterocycles. The van der Waals surface area contributed by atoms with Crippen molar-refractivity contribution in [3.8, 4) is 0 Å². The van der Waals surface area contributed by atoms with Crippen LogP contribution in [0.15, 0.2) is 0 Å². The van der Waals surface area contributed by atoms with Crippen molar-refractivity contribution < 1.29 is 8.42 Å². The zero-order chi connectivity index (χ0) is 14.4. The van der Waals surface area contributed by atoms with Crippen LogP contribution in [0.25, 0.3) is 0 Å². The molecule has 2 N–H and O–H groups in total. The van der Waals surface area contributed by atoms with Crippen LogP contribution in [0, 0.1) is 17.8 Å². The normalized spacial score (nSPS) is 32.1. The van der Waals surface area contributed by atoms with Crippen molar-refractivity contribution in [2.45, 2.75) is 51.9 Å². The molecular weight excluding hydrogens is 272 g/mol. The van der Waals surface area contributed by atoms with E-state index in [1.165, 1.54) is 25.7 Å². The standard InChI is InChI=1S/C15H30N2O2S/c1-13-4-6-14(7-5-13)8-10-17-20(18,19)12-15-3-2-9-16-11-15/h13-17H,2-12H2,1H3. The van der Waals surface area contributed by atoms with E-state index >= 15 is 0 Å². The summed E-state index contributed by atoms with van der Waals surface area (Å²) in [6, 6.07) is 0. The Hall–Kier alpha value is -0.130. The van der Waals surface area contributed by atoms with Gasteiger partial charge in [0.2, 0.25) is 10.0 Å². The maximum atomic E-state index is 12.1. The fraction of sp³-hybridized carbons (Fsp3) is 1.00. The second-order valence-corrected chi connectivity index (χ2v) is 8.65. The largest absolute Gasteiger partial charge is 0.316 e. The Kier molecular flexibility index (Phi) is 6.30. The van der Waals surface area contributed by atoms with Crippen molar-refractivity contribution >= 4 is 10.0 Å². The first-order valence-corrected chi connectivity index (χ1v) is 9.88. The van der Waals surface area contributed by atoms with Gasteiger partial charge >= 0.3 is 0 Å². The molecule has 1 unspecified atom stereocenters. The number of sulfonamides is 1. The molecule has 0 aromatic heterocycles. The lowest BCUT2D eigenvalue weighted by Gasteiger charge is -2.26. The lowest BCUT2D eigenvalue weighted by Crippen LogP contribution is -2.38. The van der Waals surface area contributed by atoms with Gasteiger partial charge in [0.1, 0.15) is 0 Å². The van der Waals surface area contributed by atoms with Gasteiger partial charge in [0.25, 0.3) is 0 Å². The zero-order valence-corrected chi connectivity index (χ0v) is 13.6. The van der Waals surface area contributed by atoms with E-state index in [4.69, 9.17) is 0 Å². The minimum Gasteiger partial charge on any atom is -0.316 e. The maximum absolute atomic E-state index is 12.1. The number of hydrogen-bond acceptors (Lipinski definition) is 3. The van der Waals surface area contributed by atoms with Gasteiger partial charge in [-0.2, -0.15) is 0 Å². The summed E-state index contributed by atoms with van der Waals surface area (Å²) in [4.78, 5) is 0. The van der Waals surface area contributed by atoms with Crippen molar-refractivity contribution in [3.05, 3.63) is 0 Å². The summed E-state index contributed by atoms with van der Waals surface area (Å²) in [6.45, 7) is 4.82. The molecule has 2 fully saturated rings. The van der Waals surface area contributed by atoms with Crippen LogP contribution in [-0.2, 0) is 10.0 Å². The molecule has 0 spiro atoms. The average Bonchev–Trinajstić information content (AvgIpc) is 2.41. The highest BCUT2D eigenvalue weighted by atomic mass is 32.2. The minimum atomic E-state index is -3.08. The third kappa shape index (κ3) is 5.70. The summed E-state index contributed by atoms with van der Waals surface area (Å²) in [5.41, 5.74) is 0. The van der Waals surface area contributed by atoms with Crippen molar-refractivity contribution in [3.63, 3.8) is 0 Å². The molecule has 1 atom stereocenters. The van der Waals surface area contributed by atoms with Crippen LogP contribution in [0.3, 0.4) is 0 Å². The van der Waals surface area contributed by atoms with E-state index in [1.807, 2.05) is 0 Å². The minimum absolute atomic E-state index is 0.289. The van der Waals surface area contributed by atoms with Crippen molar-refractivity contribution in [2.24, 2.45) is 17.8 Å². The average molecular weight is 302 g/mol. The second kappa shape index (κ2) is 7.76. The van der Waals surface area contributed by atoms with Crippen molar-refractivity contribution in [1.29, 1.82) is 0 Å². The fourth-order valence-corrected chi connectivity index (χ4v) is 4.92. The molecule has 1 aliphatic carbocycles.